The Morgan fingerprint density at radius 3 is 2.26 bits per heavy atom. The first-order chi connectivity index (χ1) is 16.2. The van der Waals surface area contributed by atoms with E-state index >= 15 is 0 Å². The van der Waals surface area contributed by atoms with E-state index in [0.29, 0.717) is 30.9 Å². The molecular formula is C24H31NO8S. The maximum absolute atomic E-state index is 13.1. The normalized spacial score (nSPS) is 10.9. The van der Waals surface area contributed by atoms with Gasteiger partial charge in [0.25, 0.3) is 0 Å². The van der Waals surface area contributed by atoms with Gasteiger partial charge in [-0.05, 0) is 56.2 Å². The highest BCUT2D eigenvalue weighted by molar-refractivity contribution is 7.86. The number of carbonyl (C=O) groups is 2. The second kappa shape index (κ2) is 12.8. The van der Waals surface area contributed by atoms with Crippen molar-refractivity contribution in [2.75, 3.05) is 24.4 Å². The van der Waals surface area contributed by atoms with Crippen LogP contribution in [0.15, 0.2) is 42.5 Å². The van der Waals surface area contributed by atoms with Gasteiger partial charge < -0.3 is 18.4 Å². The van der Waals surface area contributed by atoms with E-state index in [0.717, 1.165) is 12.7 Å². The van der Waals surface area contributed by atoms with Crippen LogP contribution in [-0.4, -0.2) is 39.9 Å². The minimum Gasteiger partial charge on any atom is -0.490 e. The second-order valence-corrected chi connectivity index (χ2v) is 8.92. The van der Waals surface area contributed by atoms with Crippen molar-refractivity contribution in [1.29, 1.82) is 0 Å². The zero-order valence-electron chi connectivity index (χ0n) is 19.9. The Bertz CT molecular complexity index is 1070. The van der Waals surface area contributed by atoms with Gasteiger partial charge in [0, 0.05) is 6.42 Å². The molecule has 0 fully saturated rings. The highest BCUT2D eigenvalue weighted by atomic mass is 32.2. The zero-order chi connectivity index (χ0) is 25.1. The lowest BCUT2D eigenvalue weighted by Gasteiger charge is -2.25. The van der Waals surface area contributed by atoms with Gasteiger partial charge in [-0.25, -0.2) is 9.69 Å². The van der Waals surface area contributed by atoms with Crippen molar-refractivity contribution in [3.05, 3.63) is 42.5 Å². The molecule has 0 heterocycles. The van der Waals surface area contributed by atoms with Crippen molar-refractivity contribution in [1.82, 2.24) is 0 Å². The van der Waals surface area contributed by atoms with Gasteiger partial charge in [0.2, 0.25) is 0 Å². The number of nitrogens with zero attached hydrogens (tertiary/aromatic N) is 1. The van der Waals surface area contributed by atoms with E-state index in [-0.39, 0.29) is 30.2 Å². The summed E-state index contributed by atoms with van der Waals surface area (Å²) < 4.78 is 44.4. The van der Waals surface area contributed by atoms with E-state index < -0.39 is 22.2 Å². The number of para-hydroxylation sites is 1. The van der Waals surface area contributed by atoms with E-state index in [4.69, 9.17) is 18.4 Å². The van der Waals surface area contributed by atoms with Gasteiger partial charge >= 0.3 is 22.2 Å². The van der Waals surface area contributed by atoms with Crippen LogP contribution in [0.1, 0.15) is 46.5 Å². The first-order valence-electron chi connectivity index (χ1n) is 11.1. The summed E-state index contributed by atoms with van der Waals surface area (Å²) in [5.74, 6) is 0.0296. The van der Waals surface area contributed by atoms with Gasteiger partial charge in [-0.1, -0.05) is 26.3 Å². The monoisotopic (exact) mass is 493 g/mol. The number of hydrogen-bond acceptors (Lipinski definition) is 8. The van der Waals surface area contributed by atoms with Gasteiger partial charge in [-0.15, -0.1) is 0 Å². The Labute approximate surface area is 200 Å². The standard InChI is InChI=1S/C24H31NO8S/c1-5-8-12-22(26)32-23-20(10-9-11-21(23)30-7-3)25(24(27)31-17-6-2)18-13-15-19(16-14-18)33-34(4,28)29/h9-11,13-16H,5-8,12,17H2,1-4H3. The molecule has 0 unspecified atom stereocenters. The van der Waals surface area contributed by atoms with Crippen LogP contribution in [-0.2, 0) is 19.6 Å². The molecule has 0 spiro atoms. The summed E-state index contributed by atoms with van der Waals surface area (Å²) in [4.78, 5) is 26.8. The molecule has 0 aliphatic rings. The number of hydrogen-bond donors (Lipinski definition) is 0. The van der Waals surface area contributed by atoms with Crippen LogP contribution >= 0.6 is 0 Å². The van der Waals surface area contributed by atoms with Gasteiger partial charge in [-0.3, -0.25) is 4.79 Å². The summed E-state index contributed by atoms with van der Waals surface area (Å²) in [5, 5.41) is 0. The smallest absolute Gasteiger partial charge is 0.419 e. The molecule has 0 N–H and O–H groups in total. The van der Waals surface area contributed by atoms with E-state index in [1.165, 1.54) is 29.2 Å². The Kier molecular flexibility index (Phi) is 10.2. The molecule has 0 radical (unpaired) electrons. The molecular weight excluding hydrogens is 462 g/mol. The Hall–Kier alpha value is -3.27. The van der Waals surface area contributed by atoms with Gasteiger partial charge in [-0.2, -0.15) is 8.42 Å². The van der Waals surface area contributed by atoms with E-state index in [1.807, 2.05) is 13.8 Å². The first kappa shape index (κ1) is 27.0. The zero-order valence-corrected chi connectivity index (χ0v) is 20.7. The number of carbonyl (C=O) groups excluding carboxylic acids is 2. The van der Waals surface area contributed by atoms with Crippen LogP contribution in [0.5, 0.6) is 17.2 Å². The van der Waals surface area contributed by atoms with Crippen molar-refractivity contribution < 1.29 is 36.4 Å². The van der Waals surface area contributed by atoms with E-state index in [1.54, 1.807) is 25.1 Å². The molecule has 2 aromatic carbocycles. The molecule has 186 valence electrons. The Morgan fingerprint density at radius 2 is 1.68 bits per heavy atom. The molecule has 2 rings (SSSR count). The fraction of sp³-hybridized carbons (Fsp3) is 0.417. The summed E-state index contributed by atoms with van der Waals surface area (Å²) in [6, 6.07) is 10.8. The van der Waals surface area contributed by atoms with Crippen molar-refractivity contribution in [2.45, 2.75) is 46.5 Å². The number of rotatable bonds is 12. The van der Waals surface area contributed by atoms with Crippen molar-refractivity contribution in [2.24, 2.45) is 0 Å². The molecule has 0 aliphatic heterocycles. The SMILES string of the molecule is CCCCC(=O)Oc1c(OCC)cccc1N(C(=O)OCCC)c1ccc(OS(C)(=O)=O)cc1. The average Bonchev–Trinajstić information content (AvgIpc) is 2.78. The first-order valence-corrected chi connectivity index (χ1v) is 12.9. The lowest BCUT2D eigenvalue weighted by Crippen LogP contribution is -2.28. The molecule has 9 nitrogen and oxygen atoms in total. The van der Waals surface area contributed by atoms with Crippen LogP contribution < -0.4 is 18.6 Å². The quantitative estimate of drug-likeness (QED) is 0.225. The highest BCUT2D eigenvalue weighted by Crippen LogP contribution is 2.42. The average molecular weight is 494 g/mol. The molecule has 0 saturated carbocycles. The van der Waals surface area contributed by atoms with Crippen LogP contribution in [0.3, 0.4) is 0 Å². The number of benzene rings is 2. The lowest BCUT2D eigenvalue weighted by atomic mass is 10.2. The maximum atomic E-state index is 13.1. The number of ether oxygens (including phenoxy) is 3. The van der Waals surface area contributed by atoms with Gasteiger partial charge in [0.05, 0.1) is 30.8 Å². The number of esters is 1. The van der Waals surface area contributed by atoms with Crippen LogP contribution in [0.2, 0.25) is 0 Å². The predicted molar refractivity (Wildman–Crippen MR) is 128 cm³/mol. The van der Waals surface area contributed by atoms with E-state index in [9.17, 15) is 18.0 Å². The molecule has 0 aliphatic carbocycles. The Balaban J connectivity index is 2.56. The van der Waals surface area contributed by atoms with Gasteiger partial charge in [0.15, 0.2) is 11.5 Å². The number of unbranched alkanes of at least 4 members (excludes halogenated alkanes) is 1. The third kappa shape index (κ3) is 7.95. The van der Waals surface area contributed by atoms with Crippen LogP contribution in [0.4, 0.5) is 16.2 Å². The van der Waals surface area contributed by atoms with E-state index in [2.05, 4.69) is 0 Å². The van der Waals surface area contributed by atoms with Crippen molar-refractivity contribution >= 4 is 33.6 Å². The molecule has 34 heavy (non-hydrogen) atoms. The molecule has 2 aromatic rings. The minimum atomic E-state index is -3.71. The summed E-state index contributed by atoms with van der Waals surface area (Å²) in [5.41, 5.74) is 0.593. The Morgan fingerprint density at radius 1 is 0.971 bits per heavy atom. The predicted octanol–water partition coefficient (Wildman–Crippen LogP) is 5.20. The topological polar surface area (TPSA) is 108 Å². The lowest BCUT2D eigenvalue weighted by molar-refractivity contribution is -0.134. The van der Waals surface area contributed by atoms with Gasteiger partial charge in [0.1, 0.15) is 5.75 Å². The highest BCUT2D eigenvalue weighted by Gasteiger charge is 2.27. The van der Waals surface area contributed by atoms with Crippen LogP contribution in [0, 0.1) is 0 Å². The maximum Gasteiger partial charge on any atom is 0.419 e. The number of anilines is 2. The third-order valence-electron chi connectivity index (χ3n) is 4.40. The minimum absolute atomic E-state index is 0.0856. The molecule has 0 aromatic heterocycles. The summed E-state index contributed by atoms with van der Waals surface area (Å²) in [6.45, 7) is 6.13. The largest absolute Gasteiger partial charge is 0.490 e. The fourth-order valence-electron chi connectivity index (χ4n) is 2.96. The fourth-order valence-corrected chi connectivity index (χ4v) is 3.42. The molecule has 0 atom stereocenters. The van der Waals surface area contributed by atoms with Crippen molar-refractivity contribution in [3.8, 4) is 17.2 Å². The third-order valence-corrected chi connectivity index (χ3v) is 4.90. The molecule has 0 bridgehead atoms. The summed E-state index contributed by atoms with van der Waals surface area (Å²) >= 11 is 0. The summed E-state index contributed by atoms with van der Waals surface area (Å²) in [7, 11) is -3.71. The summed E-state index contributed by atoms with van der Waals surface area (Å²) in [6.07, 6.45) is 2.56. The molecule has 0 saturated heterocycles. The molecule has 1 amide bonds. The van der Waals surface area contributed by atoms with Crippen LogP contribution in [0.25, 0.3) is 0 Å². The second-order valence-electron chi connectivity index (χ2n) is 7.35. The number of amides is 1. The van der Waals surface area contributed by atoms with Crippen molar-refractivity contribution in [3.63, 3.8) is 0 Å². The molecule has 10 heteroatoms.